The van der Waals surface area contributed by atoms with E-state index in [0.29, 0.717) is 24.4 Å². The van der Waals surface area contributed by atoms with E-state index < -0.39 is 5.82 Å². The summed E-state index contributed by atoms with van der Waals surface area (Å²) in [4.78, 5) is 16.3. The predicted octanol–water partition coefficient (Wildman–Crippen LogP) is 4.30. The Bertz CT molecular complexity index is 1140. The van der Waals surface area contributed by atoms with Crippen LogP contribution in [0.4, 0.5) is 4.39 Å². The average Bonchev–Trinajstić information content (AvgIpc) is 3.36. The van der Waals surface area contributed by atoms with Crippen LogP contribution in [0.5, 0.6) is 5.75 Å². The average molecular weight is 451 g/mol. The summed E-state index contributed by atoms with van der Waals surface area (Å²) in [5.41, 5.74) is 4.54. The number of amides is 1. The van der Waals surface area contributed by atoms with Gasteiger partial charge < -0.3 is 14.5 Å². The van der Waals surface area contributed by atoms with Crippen LogP contribution in [0.1, 0.15) is 24.5 Å². The maximum Gasteiger partial charge on any atom is 0.222 e. The molecule has 1 unspecified atom stereocenters. The molecule has 0 radical (unpaired) electrons. The maximum atomic E-state index is 14.5. The van der Waals surface area contributed by atoms with Gasteiger partial charge in [-0.1, -0.05) is 18.2 Å². The molecule has 1 aliphatic rings. The van der Waals surface area contributed by atoms with E-state index in [-0.39, 0.29) is 11.7 Å². The number of carbonyl (C=O) groups excluding carboxylic acids is 1. The van der Waals surface area contributed by atoms with Gasteiger partial charge in [0, 0.05) is 49.9 Å². The summed E-state index contributed by atoms with van der Waals surface area (Å²) in [5.74, 6) is 0.347. The topological polar surface area (TPSA) is 50.6 Å². The number of hydrogen-bond acceptors (Lipinski definition) is 4. The zero-order valence-corrected chi connectivity index (χ0v) is 19.7. The van der Waals surface area contributed by atoms with Crippen molar-refractivity contribution in [2.75, 3.05) is 33.8 Å². The van der Waals surface area contributed by atoms with Crippen molar-refractivity contribution in [3.05, 3.63) is 65.6 Å². The number of para-hydroxylation sites is 1. The summed E-state index contributed by atoms with van der Waals surface area (Å²) >= 11 is 0. The SMILES string of the molecule is CCN1CC(CN(C)Cc2cn(-c3ccccc3C)nc2-c2ccc(OC)c(F)c2)CC1=O. The monoisotopic (exact) mass is 450 g/mol. The molecule has 1 amide bonds. The highest BCUT2D eigenvalue weighted by molar-refractivity contribution is 5.78. The summed E-state index contributed by atoms with van der Waals surface area (Å²) in [6.45, 7) is 7.09. The normalized spacial score (nSPS) is 16.1. The minimum Gasteiger partial charge on any atom is -0.494 e. The van der Waals surface area contributed by atoms with Gasteiger partial charge in [0.1, 0.15) is 0 Å². The number of methoxy groups -OCH3 is 1. The molecule has 1 saturated heterocycles. The largest absolute Gasteiger partial charge is 0.494 e. The van der Waals surface area contributed by atoms with E-state index in [9.17, 15) is 9.18 Å². The minimum atomic E-state index is -0.413. The van der Waals surface area contributed by atoms with Crippen LogP contribution in [-0.2, 0) is 11.3 Å². The zero-order valence-electron chi connectivity index (χ0n) is 19.7. The predicted molar refractivity (Wildman–Crippen MR) is 127 cm³/mol. The van der Waals surface area contributed by atoms with Gasteiger partial charge in [0.25, 0.3) is 0 Å². The first kappa shape index (κ1) is 23.0. The Hall–Kier alpha value is -3.19. The highest BCUT2D eigenvalue weighted by atomic mass is 19.1. The van der Waals surface area contributed by atoms with Crippen molar-refractivity contribution in [2.45, 2.75) is 26.8 Å². The van der Waals surface area contributed by atoms with E-state index in [1.165, 1.54) is 13.2 Å². The lowest BCUT2D eigenvalue weighted by Gasteiger charge is -2.21. The first-order valence-corrected chi connectivity index (χ1v) is 11.3. The Kier molecular flexibility index (Phi) is 6.79. The Balaban J connectivity index is 1.63. The molecule has 0 aliphatic carbocycles. The molecule has 0 spiro atoms. The Morgan fingerprint density at radius 1 is 1.24 bits per heavy atom. The van der Waals surface area contributed by atoms with Gasteiger partial charge in [-0.15, -0.1) is 0 Å². The first-order chi connectivity index (χ1) is 15.9. The minimum absolute atomic E-state index is 0.210. The number of likely N-dealkylation sites (tertiary alicyclic amines) is 1. The molecule has 0 saturated carbocycles. The molecule has 174 valence electrons. The van der Waals surface area contributed by atoms with Gasteiger partial charge in [0.15, 0.2) is 11.6 Å². The molecule has 2 heterocycles. The number of carbonyl (C=O) groups is 1. The van der Waals surface area contributed by atoms with Crippen molar-refractivity contribution < 1.29 is 13.9 Å². The quantitative estimate of drug-likeness (QED) is 0.514. The number of rotatable bonds is 8. The van der Waals surface area contributed by atoms with Crippen LogP contribution in [0.15, 0.2) is 48.7 Å². The van der Waals surface area contributed by atoms with Crippen LogP contribution in [0.3, 0.4) is 0 Å². The van der Waals surface area contributed by atoms with Gasteiger partial charge in [0.2, 0.25) is 5.91 Å². The standard InChI is InChI=1S/C26H31FN4O2/c1-5-30-15-19(12-25(30)32)14-29(3)16-21-17-31(23-9-7-6-8-18(23)2)28-26(21)20-10-11-24(33-4)22(27)13-20/h6-11,13,17,19H,5,12,14-16H2,1-4H3. The molecule has 1 atom stereocenters. The molecule has 0 N–H and O–H groups in total. The first-order valence-electron chi connectivity index (χ1n) is 11.3. The number of aromatic nitrogens is 2. The third-order valence-corrected chi connectivity index (χ3v) is 6.26. The van der Waals surface area contributed by atoms with Gasteiger partial charge in [-0.05, 0) is 56.6 Å². The van der Waals surface area contributed by atoms with Crippen LogP contribution in [0.2, 0.25) is 0 Å². The van der Waals surface area contributed by atoms with Gasteiger partial charge in [0.05, 0.1) is 18.5 Å². The summed E-state index contributed by atoms with van der Waals surface area (Å²) in [7, 11) is 3.52. The molecular formula is C26H31FN4O2. The molecule has 1 aliphatic heterocycles. The smallest absolute Gasteiger partial charge is 0.222 e. The number of ether oxygens (including phenoxy) is 1. The van der Waals surface area contributed by atoms with E-state index in [4.69, 9.17) is 9.84 Å². The fourth-order valence-corrected chi connectivity index (χ4v) is 4.60. The molecule has 33 heavy (non-hydrogen) atoms. The molecule has 0 bridgehead atoms. The third kappa shape index (κ3) is 4.93. The number of halogens is 1. The van der Waals surface area contributed by atoms with E-state index >= 15 is 0 Å². The maximum absolute atomic E-state index is 14.5. The van der Waals surface area contributed by atoms with Gasteiger partial charge in [-0.2, -0.15) is 5.10 Å². The van der Waals surface area contributed by atoms with E-state index in [2.05, 4.69) is 11.9 Å². The van der Waals surface area contributed by atoms with Crippen LogP contribution < -0.4 is 4.74 Å². The summed E-state index contributed by atoms with van der Waals surface area (Å²) in [6.07, 6.45) is 2.62. The highest BCUT2D eigenvalue weighted by Crippen LogP contribution is 2.29. The molecule has 1 aromatic heterocycles. The second-order valence-electron chi connectivity index (χ2n) is 8.78. The second-order valence-corrected chi connectivity index (χ2v) is 8.78. The molecular weight excluding hydrogens is 419 g/mol. The van der Waals surface area contributed by atoms with Crippen LogP contribution in [-0.4, -0.2) is 59.3 Å². The Morgan fingerprint density at radius 2 is 2.03 bits per heavy atom. The fraction of sp³-hybridized carbons (Fsp3) is 0.385. The molecule has 2 aromatic carbocycles. The number of nitrogens with zero attached hydrogens (tertiary/aromatic N) is 4. The lowest BCUT2D eigenvalue weighted by Crippen LogP contribution is -2.28. The third-order valence-electron chi connectivity index (χ3n) is 6.26. The second kappa shape index (κ2) is 9.75. The molecule has 3 aromatic rings. The van der Waals surface area contributed by atoms with Crippen LogP contribution in [0, 0.1) is 18.7 Å². The molecule has 1 fully saturated rings. The van der Waals surface area contributed by atoms with Crippen molar-refractivity contribution in [1.82, 2.24) is 19.6 Å². The zero-order chi connectivity index (χ0) is 23.5. The number of aryl methyl sites for hydroxylation is 1. The Morgan fingerprint density at radius 3 is 2.70 bits per heavy atom. The summed E-state index contributed by atoms with van der Waals surface area (Å²) in [5, 5.41) is 4.85. The van der Waals surface area contributed by atoms with Crippen molar-refractivity contribution in [3.63, 3.8) is 0 Å². The lowest BCUT2D eigenvalue weighted by molar-refractivity contribution is -0.127. The van der Waals surface area contributed by atoms with Crippen LogP contribution in [0.25, 0.3) is 16.9 Å². The number of hydrogen-bond donors (Lipinski definition) is 0. The van der Waals surface area contributed by atoms with Crippen molar-refractivity contribution in [1.29, 1.82) is 0 Å². The van der Waals surface area contributed by atoms with E-state index in [1.807, 2.05) is 60.0 Å². The molecule has 4 rings (SSSR count). The lowest BCUT2D eigenvalue weighted by atomic mass is 10.1. The summed E-state index contributed by atoms with van der Waals surface area (Å²) in [6, 6.07) is 13.0. The van der Waals surface area contributed by atoms with Crippen molar-refractivity contribution in [2.24, 2.45) is 5.92 Å². The Labute approximate surface area is 194 Å². The van der Waals surface area contributed by atoms with E-state index in [0.717, 1.165) is 42.1 Å². The molecule has 7 heteroatoms. The summed E-state index contributed by atoms with van der Waals surface area (Å²) < 4.78 is 21.4. The van der Waals surface area contributed by atoms with Crippen molar-refractivity contribution in [3.8, 4) is 22.7 Å². The van der Waals surface area contributed by atoms with Gasteiger partial charge in [-0.25, -0.2) is 9.07 Å². The van der Waals surface area contributed by atoms with E-state index in [1.54, 1.807) is 6.07 Å². The van der Waals surface area contributed by atoms with Crippen LogP contribution >= 0.6 is 0 Å². The van der Waals surface area contributed by atoms with Gasteiger partial charge in [-0.3, -0.25) is 4.79 Å². The van der Waals surface area contributed by atoms with Gasteiger partial charge >= 0.3 is 0 Å². The highest BCUT2D eigenvalue weighted by Gasteiger charge is 2.29. The molecule has 6 nitrogen and oxygen atoms in total. The fourth-order valence-electron chi connectivity index (χ4n) is 4.60. The number of benzene rings is 2. The van der Waals surface area contributed by atoms with Crippen molar-refractivity contribution >= 4 is 5.91 Å².